The van der Waals surface area contributed by atoms with Crippen LogP contribution in [0.2, 0.25) is 0 Å². The van der Waals surface area contributed by atoms with Crippen molar-refractivity contribution in [3.8, 4) is 5.75 Å². The van der Waals surface area contributed by atoms with Crippen molar-refractivity contribution in [3.05, 3.63) is 23.1 Å². The van der Waals surface area contributed by atoms with E-state index in [4.69, 9.17) is 11.6 Å². The normalized spacial score (nSPS) is 11.0. The summed E-state index contributed by atoms with van der Waals surface area (Å²) in [5.41, 5.74) is 1.08. The molecule has 2 aromatic rings. The Morgan fingerprint density at radius 1 is 1.50 bits per heavy atom. The lowest BCUT2D eigenvalue weighted by Gasteiger charge is -2.04. The number of fused-ring (bicyclic) bond motifs is 1. The molecule has 1 aromatic heterocycles. The first-order chi connectivity index (χ1) is 6.76. The second-order valence-corrected chi connectivity index (χ2v) is 4.94. The second-order valence-electron chi connectivity index (χ2n) is 2.91. The Labute approximate surface area is 95.7 Å². The highest BCUT2D eigenvalue weighted by Crippen LogP contribution is 2.36. The number of hydrogen-bond donors (Lipinski definition) is 1. The number of aromatic hydroxyl groups is 1. The van der Waals surface area contributed by atoms with Gasteiger partial charge in [0.2, 0.25) is 0 Å². The minimum Gasteiger partial charge on any atom is -0.506 e. The van der Waals surface area contributed by atoms with E-state index in [1.807, 2.05) is 12.3 Å². The van der Waals surface area contributed by atoms with Gasteiger partial charge in [0.25, 0.3) is 0 Å². The molecule has 1 aromatic carbocycles. The van der Waals surface area contributed by atoms with Crippen molar-refractivity contribution in [1.82, 2.24) is 0 Å². The van der Waals surface area contributed by atoms with Crippen LogP contribution in [0.1, 0.15) is 5.56 Å². The fourth-order valence-electron chi connectivity index (χ4n) is 1.38. The third-order valence-electron chi connectivity index (χ3n) is 2.10. The van der Waals surface area contributed by atoms with Crippen molar-refractivity contribution in [3.63, 3.8) is 0 Å². The van der Waals surface area contributed by atoms with E-state index in [-0.39, 0.29) is 0 Å². The van der Waals surface area contributed by atoms with E-state index in [1.165, 1.54) is 4.90 Å². The molecule has 0 amide bonds. The van der Waals surface area contributed by atoms with Crippen molar-refractivity contribution in [2.75, 3.05) is 6.26 Å². The zero-order valence-corrected chi connectivity index (χ0v) is 9.97. The molecular weight excluding hydrogens is 236 g/mol. The minimum atomic E-state index is 0.351. The maximum absolute atomic E-state index is 9.56. The highest BCUT2D eigenvalue weighted by atomic mass is 35.5. The van der Waals surface area contributed by atoms with Gasteiger partial charge in [0.05, 0.1) is 0 Å². The van der Waals surface area contributed by atoms with Gasteiger partial charge in [-0.2, -0.15) is 0 Å². The van der Waals surface area contributed by atoms with Gasteiger partial charge in [-0.25, -0.2) is 0 Å². The van der Waals surface area contributed by atoms with Gasteiger partial charge in [0, 0.05) is 26.2 Å². The first-order valence-electron chi connectivity index (χ1n) is 4.09. The molecule has 2 rings (SSSR count). The Balaban J connectivity index is 2.71. The molecule has 14 heavy (non-hydrogen) atoms. The predicted octanol–water partition coefficient (Wildman–Crippen LogP) is 4.07. The predicted molar refractivity (Wildman–Crippen MR) is 64.8 cm³/mol. The largest absolute Gasteiger partial charge is 0.506 e. The summed E-state index contributed by atoms with van der Waals surface area (Å²) in [6.07, 6.45) is 2.03. The SMILES string of the molecule is CSc1cc2scc(O)c2cc1CCl. The van der Waals surface area contributed by atoms with Gasteiger partial charge >= 0.3 is 0 Å². The Hall–Kier alpha value is -0.380. The monoisotopic (exact) mass is 244 g/mol. The summed E-state index contributed by atoms with van der Waals surface area (Å²) in [6, 6.07) is 4.06. The van der Waals surface area contributed by atoms with Crippen molar-refractivity contribution in [1.29, 1.82) is 0 Å². The molecule has 0 aliphatic rings. The zero-order valence-electron chi connectivity index (χ0n) is 7.58. The molecule has 4 heteroatoms. The molecule has 74 valence electrons. The molecule has 0 radical (unpaired) electrons. The first-order valence-corrected chi connectivity index (χ1v) is 6.73. The Kier molecular flexibility index (Phi) is 2.91. The highest BCUT2D eigenvalue weighted by Gasteiger charge is 2.07. The summed E-state index contributed by atoms with van der Waals surface area (Å²) in [5.74, 6) is 0.838. The quantitative estimate of drug-likeness (QED) is 0.635. The first kappa shape index (κ1) is 10.1. The molecule has 1 nitrogen and oxygen atoms in total. The lowest BCUT2D eigenvalue weighted by atomic mass is 10.2. The summed E-state index contributed by atoms with van der Waals surface area (Å²) in [5, 5.41) is 12.2. The Morgan fingerprint density at radius 2 is 2.29 bits per heavy atom. The number of thioether (sulfide) groups is 1. The fraction of sp³-hybridized carbons (Fsp3) is 0.200. The molecule has 0 bridgehead atoms. The molecule has 0 saturated heterocycles. The number of halogens is 1. The van der Waals surface area contributed by atoms with E-state index in [1.54, 1.807) is 28.5 Å². The number of alkyl halides is 1. The van der Waals surface area contributed by atoms with Crippen LogP contribution < -0.4 is 0 Å². The van der Waals surface area contributed by atoms with E-state index in [2.05, 4.69) is 6.07 Å². The summed E-state index contributed by atoms with van der Waals surface area (Å²) in [6.45, 7) is 0. The maximum atomic E-state index is 9.56. The molecule has 0 unspecified atom stereocenters. The molecule has 0 fully saturated rings. The van der Waals surface area contributed by atoms with E-state index in [0.29, 0.717) is 11.6 Å². The van der Waals surface area contributed by atoms with Gasteiger partial charge < -0.3 is 5.11 Å². The smallest absolute Gasteiger partial charge is 0.134 e. The highest BCUT2D eigenvalue weighted by molar-refractivity contribution is 7.98. The molecule has 0 atom stereocenters. The second kappa shape index (κ2) is 4.01. The summed E-state index contributed by atoms with van der Waals surface area (Å²) < 4.78 is 1.11. The zero-order chi connectivity index (χ0) is 10.1. The molecule has 0 saturated carbocycles. The van der Waals surface area contributed by atoms with Gasteiger partial charge in [0.1, 0.15) is 5.75 Å². The van der Waals surface area contributed by atoms with Crippen molar-refractivity contribution in [2.45, 2.75) is 10.8 Å². The lowest BCUT2D eigenvalue weighted by Crippen LogP contribution is -1.82. The topological polar surface area (TPSA) is 20.2 Å². The molecule has 1 heterocycles. The number of rotatable bonds is 2. The standard InChI is InChI=1S/C10H9ClOS2/c1-13-9-3-10-7(2-6(9)4-11)8(12)5-14-10/h2-3,5,12H,4H2,1H3. The number of hydrogen-bond acceptors (Lipinski definition) is 3. The lowest BCUT2D eigenvalue weighted by molar-refractivity contribution is 0.483. The van der Waals surface area contributed by atoms with Crippen LogP contribution in [0, 0.1) is 0 Å². The van der Waals surface area contributed by atoms with E-state index < -0.39 is 0 Å². The van der Waals surface area contributed by atoms with Crippen molar-refractivity contribution in [2.24, 2.45) is 0 Å². The van der Waals surface area contributed by atoms with Crippen LogP contribution in [0.15, 0.2) is 22.4 Å². The van der Waals surface area contributed by atoms with Gasteiger partial charge in [-0.1, -0.05) is 0 Å². The van der Waals surface area contributed by atoms with Gasteiger partial charge in [-0.15, -0.1) is 34.7 Å². The molecule has 1 N–H and O–H groups in total. The number of thiophene rings is 1. The van der Waals surface area contributed by atoms with Gasteiger partial charge in [0.15, 0.2) is 0 Å². The molecule has 0 aliphatic carbocycles. The molecular formula is C10H9ClOS2. The van der Waals surface area contributed by atoms with Crippen LogP contribution >= 0.6 is 34.7 Å². The fourth-order valence-corrected chi connectivity index (χ4v) is 3.23. The third kappa shape index (κ3) is 1.60. The van der Waals surface area contributed by atoms with Crippen LogP contribution in [0.3, 0.4) is 0 Å². The van der Waals surface area contributed by atoms with E-state index >= 15 is 0 Å². The summed E-state index contributed by atoms with van der Waals surface area (Å²) >= 11 is 9.08. The average Bonchev–Trinajstić information content (AvgIpc) is 2.58. The maximum Gasteiger partial charge on any atom is 0.134 e. The Bertz CT molecular complexity index is 464. The third-order valence-corrected chi connectivity index (χ3v) is 4.14. The molecule has 0 aliphatic heterocycles. The van der Waals surface area contributed by atoms with Crippen LogP contribution in [0.25, 0.3) is 10.1 Å². The van der Waals surface area contributed by atoms with Crippen LogP contribution in [-0.4, -0.2) is 11.4 Å². The average molecular weight is 245 g/mol. The van der Waals surface area contributed by atoms with E-state index in [9.17, 15) is 5.11 Å². The van der Waals surface area contributed by atoms with Crippen molar-refractivity contribution < 1.29 is 5.11 Å². The van der Waals surface area contributed by atoms with Crippen LogP contribution in [0.5, 0.6) is 5.75 Å². The van der Waals surface area contributed by atoms with Crippen LogP contribution in [-0.2, 0) is 5.88 Å². The van der Waals surface area contributed by atoms with Crippen molar-refractivity contribution >= 4 is 44.8 Å². The number of benzene rings is 1. The van der Waals surface area contributed by atoms with Gasteiger partial charge in [-0.3, -0.25) is 0 Å². The van der Waals surface area contributed by atoms with Crippen LogP contribution in [0.4, 0.5) is 0 Å². The van der Waals surface area contributed by atoms with Gasteiger partial charge in [-0.05, 0) is 24.0 Å². The van der Waals surface area contributed by atoms with E-state index in [0.717, 1.165) is 15.6 Å². The summed E-state index contributed by atoms with van der Waals surface area (Å²) in [4.78, 5) is 1.19. The molecule has 0 spiro atoms. The Morgan fingerprint density at radius 3 is 2.93 bits per heavy atom. The summed E-state index contributed by atoms with van der Waals surface area (Å²) in [7, 11) is 0. The minimum absolute atomic E-state index is 0.351.